The van der Waals surface area contributed by atoms with Gasteiger partial charge in [-0.2, -0.15) is 18.3 Å². The molecule has 4 aromatic heterocycles. The van der Waals surface area contributed by atoms with Crippen molar-refractivity contribution < 1.29 is 92.3 Å². The fourth-order valence-electron chi connectivity index (χ4n) is 16.5. The van der Waals surface area contributed by atoms with Gasteiger partial charge in [0.15, 0.2) is 0 Å². The molecule has 24 nitrogen and oxygen atoms in total. The Balaban J connectivity index is 0.000000148. The van der Waals surface area contributed by atoms with Gasteiger partial charge in [0.05, 0.1) is 81.7 Å². The predicted octanol–water partition coefficient (Wildman–Crippen LogP) is 7.32. The van der Waals surface area contributed by atoms with Gasteiger partial charge in [0.1, 0.15) is 0 Å². The van der Waals surface area contributed by atoms with E-state index in [1.54, 1.807) is 0 Å². The molecule has 0 saturated carbocycles. The second-order valence-corrected chi connectivity index (χ2v) is 31.6. The second kappa shape index (κ2) is 22.8. The lowest BCUT2D eigenvalue weighted by Crippen LogP contribution is -2.70. The summed E-state index contributed by atoms with van der Waals surface area (Å²) in [5, 5.41) is 4.35. The SMILES string of the molecule is COP(=O)(OC)OCCC(CCOP(=O)(OC)OC)C1=C2C=CC3=[N+]2C24n5c(ccc5C(c5ccc(C)cc5)=c5ccc(n52)=C3)C=C2C=CC1=[N+]24.Cc1ccc(C2=c3ccc4n3C35n6c(ccc62)C=C2C=CC(=[N+]23)C(C(CCOP(=O)(O)O)CCOP(=O)(O)O)=C2C=CC(=[N+]25)C=4)cc1. The van der Waals surface area contributed by atoms with Crippen molar-refractivity contribution in [2.75, 3.05) is 54.9 Å². The standard InChI is InChI=1S/C37H38N4O8P2.C33H28N4O8P2/c1-24-6-8-25(9-7-24)35-31-14-10-27-22-29-12-16-33-36(26(18-20-48-50(42,44-2)45-3)19-21-49-51(43,46-4)47-5)34-17-13-30-23-28-11-15-32(35)39(28)37(38(27)31,40(29)33)41(30)34;1-20-2-4-21(5-3-20)31-27-10-6-23-18-25-8-12-29-32(22(14-16-44-46(38,39)40)15-17-45-47(41,42)43)30-13-9-26-19-24-7-11-28(31)35(24)33(34(23)27,36(25)29)37(26)30/h6-17,22-23,26H,18-21H2,1-5H3;2-13,18-19,22H,14-17H2,1H3,(H2-2,38,39,40,41,42,43)/q+2;/p+2. The van der Waals surface area contributed by atoms with Crippen LogP contribution in [0.25, 0.3) is 35.5 Å². The Kier molecular flexibility index (Phi) is 14.8. The van der Waals surface area contributed by atoms with Gasteiger partial charge in [-0.3, -0.25) is 36.2 Å². The van der Waals surface area contributed by atoms with E-state index in [1.807, 2.05) is 0 Å². The number of phosphoric ester groups is 4. The van der Waals surface area contributed by atoms with Crippen molar-refractivity contribution in [1.29, 1.82) is 0 Å². The number of aromatic nitrogens is 4. The summed E-state index contributed by atoms with van der Waals surface area (Å²) in [6.07, 6.45) is 27.0. The molecular weight excluding hydrogens is 1330 g/mol. The monoisotopic (exact) mass is 1400 g/mol. The maximum atomic E-state index is 12.9. The molecule has 16 heterocycles. The lowest BCUT2D eigenvalue weighted by Gasteiger charge is -2.40. The molecular formula is C70H68N8O16P4+4. The first-order valence-corrected chi connectivity index (χ1v) is 38.1. The topological polar surface area (TPSA) is 255 Å². The molecule has 0 saturated heterocycles. The molecule has 0 amide bonds. The molecule has 12 aliphatic heterocycles. The van der Waals surface area contributed by atoms with Gasteiger partial charge in [0, 0.05) is 124 Å². The predicted molar refractivity (Wildman–Crippen MR) is 362 cm³/mol. The quantitative estimate of drug-likeness (QED) is 0.0342. The highest BCUT2D eigenvalue weighted by molar-refractivity contribution is 7.48. The fraction of sp³-hybridized carbons (Fsp3) is 0.257. The molecule has 0 radical (unpaired) electrons. The van der Waals surface area contributed by atoms with Crippen molar-refractivity contribution in [3.8, 4) is 0 Å². The first-order chi connectivity index (χ1) is 47.2. The molecule has 2 spiro atoms. The van der Waals surface area contributed by atoms with Crippen molar-refractivity contribution in [1.82, 2.24) is 18.3 Å². The van der Waals surface area contributed by atoms with Crippen LogP contribution in [0.5, 0.6) is 0 Å². The van der Waals surface area contributed by atoms with Crippen LogP contribution in [0.1, 0.15) is 70.7 Å². The molecule has 0 bridgehead atoms. The van der Waals surface area contributed by atoms with E-state index in [4.69, 9.17) is 36.2 Å². The zero-order chi connectivity index (χ0) is 67.7. The minimum Gasteiger partial charge on any atom is -0.303 e. The fourth-order valence-corrected chi connectivity index (χ4v) is 18.6. The van der Waals surface area contributed by atoms with E-state index in [0.717, 1.165) is 118 Å². The number of hydrogen-bond donors (Lipinski definition) is 4. The summed E-state index contributed by atoms with van der Waals surface area (Å²) in [7, 11) is -11.7. The molecule has 0 fully saturated rings. The number of rotatable bonds is 24. The summed E-state index contributed by atoms with van der Waals surface area (Å²) in [6.45, 7) is 3.83. The Labute approximate surface area is 561 Å². The van der Waals surface area contributed by atoms with Crippen molar-refractivity contribution in [3.63, 3.8) is 0 Å². The molecule has 28 heteroatoms. The van der Waals surface area contributed by atoms with Crippen LogP contribution >= 0.6 is 31.3 Å². The largest absolute Gasteiger partial charge is 0.553 e. The normalized spacial score (nSPS) is 20.9. The molecule has 12 aliphatic rings. The van der Waals surface area contributed by atoms with Crippen LogP contribution in [-0.2, 0) is 66.3 Å². The van der Waals surface area contributed by atoms with Gasteiger partial charge in [-0.15, -0.1) is 0 Å². The van der Waals surface area contributed by atoms with Crippen LogP contribution in [0.3, 0.4) is 0 Å². The average molecular weight is 1400 g/mol. The third-order valence-electron chi connectivity index (χ3n) is 20.3. The van der Waals surface area contributed by atoms with Gasteiger partial charge in [0.25, 0.3) is 0 Å². The molecule has 500 valence electrons. The van der Waals surface area contributed by atoms with Crippen LogP contribution < -0.4 is 21.4 Å². The third kappa shape index (κ3) is 9.29. The van der Waals surface area contributed by atoms with Gasteiger partial charge in [-0.05, 0) is 99.2 Å². The van der Waals surface area contributed by atoms with Gasteiger partial charge < -0.3 is 19.6 Å². The lowest BCUT2D eigenvalue weighted by molar-refractivity contribution is -0.837. The lowest BCUT2D eigenvalue weighted by atomic mass is 9.86. The van der Waals surface area contributed by atoms with Crippen molar-refractivity contribution >= 4 is 89.6 Å². The van der Waals surface area contributed by atoms with E-state index in [0.29, 0.717) is 12.8 Å². The highest BCUT2D eigenvalue weighted by Gasteiger charge is 2.74. The van der Waals surface area contributed by atoms with Crippen LogP contribution in [0.2, 0.25) is 0 Å². The summed E-state index contributed by atoms with van der Waals surface area (Å²) < 4.78 is 110. The Morgan fingerprint density at radius 3 is 1.16 bits per heavy atom. The third-order valence-corrected chi connectivity index (χ3v) is 24.1. The smallest absolute Gasteiger partial charge is 0.303 e. The first-order valence-electron chi connectivity index (χ1n) is 32.1. The zero-order valence-electron chi connectivity index (χ0n) is 54.0. The van der Waals surface area contributed by atoms with Crippen molar-refractivity contribution in [2.24, 2.45) is 11.8 Å². The molecule has 98 heavy (non-hydrogen) atoms. The maximum Gasteiger partial charge on any atom is 0.553 e. The van der Waals surface area contributed by atoms with Gasteiger partial charge in [-0.25, -0.2) is 18.3 Å². The Hall–Kier alpha value is -7.92. The van der Waals surface area contributed by atoms with E-state index in [2.05, 4.69) is 220 Å². The van der Waals surface area contributed by atoms with Crippen molar-refractivity contribution in [2.45, 2.75) is 51.4 Å². The molecule has 0 aliphatic carbocycles. The summed E-state index contributed by atoms with van der Waals surface area (Å²) in [4.78, 5) is 37.7. The maximum absolute atomic E-state index is 12.9. The summed E-state index contributed by atoms with van der Waals surface area (Å²) in [5.74, 6) is -2.34. The van der Waals surface area contributed by atoms with E-state index in [-0.39, 0.29) is 45.2 Å². The number of aryl methyl sites for hydroxylation is 2. The summed E-state index contributed by atoms with van der Waals surface area (Å²) in [6, 6.07) is 34.9. The number of allylic oxidation sites excluding steroid dienone is 10. The second-order valence-electron chi connectivity index (χ2n) is 25.4. The van der Waals surface area contributed by atoms with E-state index >= 15 is 0 Å². The van der Waals surface area contributed by atoms with Gasteiger partial charge in [-0.1, -0.05) is 78.0 Å². The van der Waals surface area contributed by atoms with E-state index < -0.39 is 49.0 Å². The number of nitrogens with zero attached hydrogens (tertiary/aromatic N) is 8. The first kappa shape index (κ1) is 63.5. The molecule has 18 rings (SSSR count). The number of phosphoric acid groups is 4. The average Bonchev–Trinajstić information content (AvgIpc) is 1.42. The minimum absolute atomic E-state index is 0.0799. The van der Waals surface area contributed by atoms with E-state index in [9.17, 15) is 37.8 Å². The van der Waals surface area contributed by atoms with Crippen LogP contribution in [0.15, 0.2) is 180 Å². The summed E-state index contributed by atoms with van der Waals surface area (Å²) >= 11 is 0. The van der Waals surface area contributed by atoms with Gasteiger partial charge >= 0.3 is 43.1 Å². The molecule has 2 aromatic carbocycles. The Morgan fingerprint density at radius 1 is 0.418 bits per heavy atom. The molecule has 4 N–H and O–H groups in total. The highest BCUT2D eigenvalue weighted by atomic mass is 31.2. The van der Waals surface area contributed by atoms with Crippen molar-refractivity contribution in [3.05, 3.63) is 246 Å². The van der Waals surface area contributed by atoms with E-state index in [1.165, 1.54) is 45.1 Å². The number of benzene rings is 2. The van der Waals surface area contributed by atoms with Gasteiger partial charge in [0.2, 0.25) is 45.6 Å². The zero-order valence-corrected chi connectivity index (χ0v) is 57.6. The van der Waals surface area contributed by atoms with Crippen LogP contribution in [0.4, 0.5) is 0 Å². The van der Waals surface area contributed by atoms with Crippen LogP contribution in [0, 0.1) is 25.7 Å². The Morgan fingerprint density at radius 2 is 0.796 bits per heavy atom. The highest BCUT2D eigenvalue weighted by Crippen LogP contribution is 2.54. The number of hydrogen-bond acceptors (Lipinski definition) is 12. The summed E-state index contributed by atoms with van der Waals surface area (Å²) in [5.41, 5.74) is 21.2. The molecule has 2 unspecified atom stereocenters. The molecule has 6 aromatic rings. The van der Waals surface area contributed by atoms with Crippen LogP contribution in [-0.4, -0.2) is 134 Å². The minimum atomic E-state index is -4.74. The molecule has 2 atom stereocenters. The Bertz CT molecular complexity index is 5440.